The molecule has 0 aromatic rings. The van der Waals surface area contributed by atoms with Crippen molar-refractivity contribution in [2.45, 2.75) is 51.4 Å². The van der Waals surface area contributed by atoms with Crippen molar-refractivity contribution < 1.29 is 0 Å². The molecule has 4 aliphatic carbocycles. The topological polar surface area (TPSA) is 27.0 Å². The van der Waals surface area contributed by atoms with E-state index >= 15 is 0 Å². The van der Waals surface area contributed by atoms with Crippen LogP contribution in [0.2, 0.25) is 0 Å². The SMILES string of the molecule is N#CC1CCCN(CC23CC4CC(CC(C4)C2)C3)C1. The van der Waals surface area contributed by atoms with Gasteiger partial charge in [0, 0.05) is 13.1 Å². The van der Waals surface area contributed by atoms with Crippen molar-refractivity contribution in [2.75, 3.05) is 19.6 Å². The molecule has 1 aliphatic heterocycles. The van der Waals surface area contributed by atoms with Crippen LogP contribution < -0.4 is 0 Å². The summed E-state index contributed by atoms with van der Waals surface area (Å²) in [7, 11) is 0. The molecular weight excluding hydrogens is 232 g/mol. The van der Waals surface area contributed by atoms with E-state index in [1.165, 1.54) is 38.8 Å². The third kappa shape index (κ3) is 2.21. The number of nitriles is 1. The first kappa shape index (κ1) is 12.2. The van der Waals surface area contributed by atoms with Crippen LogP contribution in [0.4, 0.5) is 0 Å². The monoisotopic (exact) mass is 258 g/mol. The standard InChI is InChI=1S/C17H26N2/c18-10-13-2-1-3-19(11-13)12-17-7-14-4-15(8-17)6-16(5-14)9-17/h13-16H,1-9,11-12H2. The molecule has 2 heteroatoms. The first-order chi connectivity index (χ1) is 9.25. The summed E-state index contributed by atoms with van der Waals surface area (Å²) >= 11 is 0. The number of hydrogen-bond donors (Lipinski definition) is 0. The number of nitrogens with zero attached hydrogens (tertiary/aromatic N) is 2. The second kappa shape index (κ2) is 4.48. The maximum atomic E-state index is 9.16. The zero-order valence-corrected chi connectivity index (χ0v) is 12.0. The molecule has 0 aromatic heterocycles. The lowest BCUT2D eigenvalue weighted by Crippen LogP contribution is -2.52. The van der Waals surface area contributed by atoms with Gasteiger partial charge in [0.15, 0.2) is 0 Å². The van der Waals surface area contributed by atoms with Gasteiger partial charge in [-0.2, -0.15) is 5.26 Å². The van der Waals surface area contributed by atoms with Gasteiger partial charge in [0.1, 0.15) is 0 Å². The summed E-state index contributed by atoms with van der Waals surface area (Å²) < 4.78 is 0. The van der Waals surface area contributed by atoms with Gasteiger partial charge in [-0.05, 0) is 81.1 Å². The molecule has 104 valence electrons. The minimum Gasteiger partial charge on any atom is -0.301 e. The number of likely N-dealkylation sites (tertiary alicyclic amines) is 1. The van der Waals surface area contributed by atoms with E-state index in [-0.39, 0.29) is 0 Å². The molecule has 5 rings (SSSR count). The van der Waals surface area contributed by atoms with E-state index in [4.69, 9.17) is 5.26 Å². The van der Waals surface area contributed by atoms with Crippen LogP contribution in [0.1, 0.15) is 51.4 Å². The molecule has 2 nitrogen and oxygen atoms in total. The Balaban J connectivity index is 1.46. The molecule has 4 saturated carbocycles. The molecule has 0 amide bonds. The smallest absolute Gasteiger partial charge is 0.0669 e. The molecule has 1 unspecified atom stereocenters. The largest absolute Gasteiger partial charge is 0.301 e. The van der Waals surface area contributed by atoms with Crippen LogP contribution >= 0.6 is 0 Å². The van der Waals surface area contributed by atoms with E-state index in [2.05, 4.69) is 11.0 Å². The van der Waals surface area contributed by atoms with Gasteiger partial charge in [-0.1, -0.05) is 0 Å². The Morgan fingerprint density at radius 3 is 2.26 bits per heavy atom. The predicted molar refractivity (Wildman–Crippen MR) is 75.4 cm³/mol. The van der Waals surface area contributed by atoms with Gasteiger partial charge in [-0.15, -0.1) is 0 Å². The van der Waals surface area contributed by atoms with Gasteiger partial charge < -0.3 is 4.90 Å². The van der Waals surface area contributed by atoms with Crippen molar-refractivity contribution in [2.24, 2.45) is 29.1 Å². The van der Waals surface area contributed by atoms with Crippen LogP contribution in [0.3, 0.4) is 0 Å². The van der Waals surface area contributed by atoms with E-state index < -0.39 is 0 Å². The maximum absolute atomic E-state index is 9.16. The van der Waals surface area contributed by atoms with Crippen molar-refractivity contribution >= 4 is 0 Å². The first-order valence-electron chi connectivity index (χ1n) is 8.37. The van der Waals surface area contributed by atoms with Crippen LogP contribution in [0.15, 0.2) is 0 Å². The van der Waals surface area contributed by atoms with Gasteiger partial charge in [0.2, 0.25) is 0 Å². The molecule has 0 spiro atoms. The average Bonchev–Trinajstić information content (AvgIpc) is 2.36. The highest BCUT2D eigenvalue weighted by atomic mass is 15.1. The van der Waals surface area contributed by atoms with Crippen LogP contribution in [-0.2, 0) is 0 Å². The second-order valence-electron chi connectivity index (χ2n) is 8.12. The summed E-state index contributed by atoms with van der Waals surface area (Å²) in [5.41, 5.74) is 0.659. The van der Waals surface area contributed by atoms with Crippen LogP contribution in [-0.4, -0.2) is 24.5 Å². The Labute approximate surface area is 117 Å². The van der Waals surface area contributed by atoms with Crippen molar-refractivity contribution in [1.82, 2.24) is 4.90 Å². The Morgan fingerprint density at radius 1 is 1.05 bits per heavy atom. The van der Waals surface area contributed by atoms with Crippen LogP contribution in [0.5, 0.6) is 0 Å². The van der Waals surface area contributed by atoms with Gasteiger partial charge >= 0.3 is 0 Å². The highest BCUT2D eigenvalue weighted by Crippen LogP contribution is 2.60. The summed E-state index contributed by atoms with van der Waals surface area (Å²) in [6.45, 7) is 3.62. The second-order valence-corrected chi connectivity index (χ2v) is 8.12. The molecule has 5 aliphatic rings. The Morgan fingerprint density at radius 2 is 1.68 bits per heavy atom. The summed E-state index contributed by atoms with van der Waals surface area (Å²) in [5.74, 6) is 3.48. The fourth-order valence-electron chi connectivity index (χ4n) is 6.26. The van der Waals surface area contributed by atoms with Crippen LogP contribution in [0.25, 0.3) is 0 Å². The maximum Gasteiger partial charge on any atom is 0.0669 e. The summed E-state index contributed by atoms with van der Waals surface area (Å²) in [6.07, 6.45) is 11.5. The summed E-state index contributed by atoms with van der Waals surface area (Å²) in [5, 5.41) is 9.16. The molecular formula is C17H26N2. The molecule has 1 heterocycles. The van der Waals surface area contributed by atoms with Crippen molar-refractivity contribution in [3.8, 4) is 6.07 Å². The zero-order chi connectivity index (χ0) is 12.9. The number of rotatable bonds is 2. The van der Waals surface area contributed by atoms with Gasteiger partial charge in [0.05, 0.1) is 12.0 Å². The van der Waals surface area contributed by atoms with Crippen molar-refractivity contribution in [1.29, 1.82) is 5.26 Å². The number of piperidine rings is 1. The highest BCUT2D eigenvalue weighted by Gasteiger charge is 2.51. The Hall–Kier alpha value is -0.550. The quantitative estimate of drug-likeness (QED) is 0.758. The fourth-order valence-corrected chi connectivity index (χ4v) is 6.26. The molecule has 0 aromatic carbocycles. The summed E-state index contributed by atoms with van der Waals surface area (Å²) in [6, 6.07) is 2.50. The fraction of sp³-hybridized carbons (Fsp3) is 0.941. The minimum absolute atomic E-state index is 0.308. The third-order valence-electron chi connectivity index (χ3n) is 6.41. The van der Waals surface area contributed by atoms with Gasteiger partial charge in [-0.3, -0.25) is 0 Å². The molecule has 0 N–H and O–H groups in total. The van der Waals surface area contributed by atoms with E-state index in [1.807, 2.05) is 0 Å². The lowest BCUT2D eigenvalue weighted by atomic mass is 9.49. The van der Waals surface area contributed by atoms with Crippen molar-refractivity contribution in [3.63, 3.8) is 0 Å². The number of hydrogen-bond acceptors (Lipinski definition) is 2. The molecule has 1 saturated heterocycles. The lowest BCUT2D eigenvalue weighted by molar-refractivity contribution is -0.0722. The van der Waals surface area contributed by atoms with E-state index in [0.717, 1.165) is 30.7 Å². The normalized spacial score (nSPS) is 49.2. The van der Waals surface area contributed by atoms with Gasteiger partial charge in [-0.25, -0.2) is 0 Å². The average molecular weight is 258 g/mol. The molecule has 0 radical (unpaired) electrons. The molecule has 5 fully saturated rings. The van der Waals surface area contributed by atoms with E-state index in [0.29, 0.717) is 11.3 Å². The first-order valence-corrected chi connectivity index (χ1v) is 8.37. The minimum atomic E-state index is 0.308. The lowest BCUT2D eigenvalue weighted by Gasteiger charge is -2.58. The summed E-state index contributed by atoms with van der Waals surface area (Å²) in [4.78, 5) is 2.64. The van der Waals surface area contributed by atoms with E-state index in [9.17, 15) is 0 Å². The zero-order valence-electron chi connectivity index (χ0n) is 12.0. The highest BCUT2D eigenvalue weighted by molar-refractivity contribution is 5.03. The third-order valence-corrected chi connectivity index (χ3v) is 6.41. The van der Waals surface area contributed by atoms with Crippen LogP contribution in [0, 0.1) is 40.4 Å². The molecule has 19 heavy (non-hydrogen) atoms. The molecule has 4 bridgehead atoms. The van der Waals surface area contributed by atoms with E-state index in [1.54, 1.807) is 19.3 Å². The van der Waals surface area contributed by atoms with Crippen molar-refractivity contribution in [3.05, 3.63) is 0 Å². The molecule has 1 atom stereocenters. The Kier molecular flexibility index (Phi) is 2.88. The van der Waals surface area contributed by atoms with Gasteiger partial charge in [0.25, 0.3) is 0 Å². The predicted octanol–water partition coefficient (Wildman–Crippen LogP) is 3.44. The Bertz CT molecular complexity index is 359.